The fourth-order valence-corrected chi connectivity index (χ4v) is 1.50. The van der Waals surface area contributed by atoms with Crippen molar-refractivity contribution in [2.75, 3.05) is 20.3 Å². The zero-order chi connectivity index (χ0) is 10.9. The highest BCUT2D eigenvalue weighted by Crippen LogP contribution is 2.25. The predicted molar refractivity (Wildman–Crippen MR) is 54.6 cm³/mol. The van der Waals surface area contributed by atoms with Gasteiger partial charge >= 0.3 is 0 Å². The Balaban J connectivity index is 2.16. The van der Waals surface area contributed by atoms with Crippen LogP contribution >= 0.6 is 0 Å². The first kappa shape index (κ1) is 10.6. The highest BCUT2D eigenvalue weighted by Gasteiger charge is 2.29. The zero-order valence-corrected chi connectivity index (χ0v) is 9.41. The van der Waals surface area contributed by atoms with Crippen LogP contribution in [0.2, 0.25) is 0 Å². The maximum atomic E-state index is 5.30. The monoisotopic (exact) mass is 211 g/mol. The fourth-order valence-electron chi connectivity index (χ4n) is 1.50. The molecule has 5 nitrogen and oxygen atoms in total. The minimum Gasteiger partial charge on any atom is -0.381 e. The lowest BCUT2D eigenvalue weighted by atomic mass is 10.1. The van der Waals surface area contributed by atoms with Crippen molar-refractivity contribution >= 4 is 0 Å². The van der Waals surface area contributed by atoms with Crippen LogP contribution < -0.4 is 5.32 Å². The van der Waals surface area contributed by atoms with Crippen molar-refractivity contribution in [1.82, 2.24) is 15.5 Å². The summed E-state index contributed by atoms with van der Waals surface area (Å²) in [6, 6.07) is 0. The van der Waals surface area contributed by atoms with Crippen LogP contribution in [0.15, 0.2) is 4.52 Å². The summed E-state index contributed by atoms with van der Waals surface area (Å²) in [6.45, 7) is 5.52. The Morgan fingerprint density at radius 3 is 2.87 bits per heavy atom. The molecule has 1 aromatic heterocycles. The molecule has 5 heteroatoms. The Hall–Kier alpha value is -0.940. The number of hydrogen-bond donors (Lipinski definition) is 1. The van der Waals surface area contributed by atoms with Crippen molar-refractivity contribution < 1.29 is 9.26 Å². The molecule has 1 aromatic rings. The first-order valence-corrected chi connectivity index (χ1v) is 5.24. The van der Waals surface area contributed by atoms with Crippen LogP contribution in [0.1, 0.15) is 37.9 Å². The number of rotatable bonds is 3. The van der Waals surface area contributed by atoms with Gasteiger partial charge in [0.2, 0.25) is 5.89 Å². The van der Waals surface area contributed by atoms with Gasteiger partial charge in [0, 0.05) is 12.5 Å². The largest absolute Gasteiger partial charge is 0.381 e. The van der Waals surface area contributed by atoms with Crippen molar-refractivity contribution in [3.63, 3.8) is 0 Å². The topological polar surface area (TPSA) is 60.2 Å². The molecule has 1 aliphatic rings. The SMILES string of the molecule is CNC(C)(C)c1nc(C2CCOC2)no1. The standard InChI is InChI=1S/C10H17N3O2/c1-10(2,11-3)9-12-8(13-15-9)7-4-5-14-6-7/h7,11H,4-6H2,1-3H3. The Kier molecular flexibility index (Phi) is 2.75. The van der Waals surface area contributed by atoms with Crippen molar-refractivity contribution in [1.29, 1.82) is 0 Å². The summed E-state index contributed by atoms with van der Waals surface area (Å²) in [5.74, 6) is 1.70. The second-order valence-electron chi connectivity index (χ2n) is 4.39. The van der Waals surface area contributed by atoms with Gasteiger partial charge in [0.15, 0.2) is 5.82 Å². The second-order valence-corrected chi connectivity index (χ2v) is 4.39. The first-order valence-electron chi connectivity index (χ1n) is 5.24. The molecule has 1 atom stereocenters. The normalized spacial score (nSPS) is 22.2. The van der Waals surface area contributed by atoms with Crippen molar-refractivity contribution in [3.8, 4) is 0 Å². The molecule has 0 aliphatic carbocycles. The Morgan fingerprint density at radius 1 is 1.47 bits per heavy atom. The summed E-state index contributed by atoms with van der Waals surface area (Å²) in [4.78, 5) is 4.41. The number of aromatic nitrogens is 2. The highest BCUT2D eigenvalue weighted by molar-refractivity contribution is 5.03. The van der Waals surface area contributed by atoms with E-state index in [9.17, 15) is 0 Å². The minimum atomic E-state index is -0.273. The predicted octanol–water partition coefficient (Wildman–Crippen LogP) is 1.03. The van der Waals surface area contributed by atoms with Crippen LogP contribution in [0.3, 0.4) is 0 Å². The quantitative estimate of drug-likeness (QED) is 0.809. The molecule has 2 rings (SSSR count). The molecule has 0 radical (unpaired) electrons. The summed E-state index contributed by atoms with van der Waals surface area (Å²) in [5.41, 5.74) is -0.273. The first-order chi connectivity index (χ1) is 7.13. The van der Waals surface area contributed by atoms with Crippen molar-refractivity contribution in [2.45, 2.75) is 31.7 Å². The van der Waals surface area contributed by atoms with Gasteiger partial charge in [-0.05, 0) is 27.3 Å². The number of nitrogens with zero attached hydrogens (tertiary/aromatic N) is 2. The summed E-state index contributed by atoms with van der Waals surface area (Å²) in [5, 5.41) is 7.14. The lowest BCUT2D eigenvalue weighted by Crippen LogP contribution is -2.33. The lowest BCUT2D eigenvalue weighted by Gasteiger charge is -2.17. The molecule has 2 heterocycles. The van der Waals surface area contributed by atoms with Gasteiger partial charge in [0.25, 0.3) is 0 Å². The molecule has 0 spiro atoms. The van der Waals surface area contributed by atoms with Crippen LogP contribution in [-0.2, 0) is 10.3 Å². The van der Waals surface area contributed by atoms with E-state index < -0.39 is 0 Å². The molecule has 1 saturated heterocycles. The smallest absolute Gasteiger partial charge is 0.246 e. The number of hydrogen-bond acceptors (Lipinski definition) is 5. The van der Waals surface area contributed by atoms with E-state index in [-0.39, 0.29) is 5.54 Å². The van der Waals surface area contributed by atoms with E-state index in [0.29, 0.717) is 18.4 Å². The van der Waals surface area contributed by atoms with Crippen LogP contribution in [0.25, 0.3) is 0 Å². The van der Waals surface area contributed by atoms with Crippen LogP contribution in [0, 0.1) is 0 Å². The van der Waals surface area contributed by atoms with E-state index in [1.165, 1.54) is 0 Å². The van der Waals surface area contributed by atoms with E-state index >= 15 is 0 Å². The molecule has 0 aromatic carbocycles. The summed E-state index contributed by atoms with van der Waals surface area (Å²) < 4.78 is 10.5. The fraction of sp³-hybridized carbons (Fsp3) is 0.800. The molecule has 0 amide bonds. The van der Waals surface area contributed by atoms with Crippen LogP contribution in [0.4, 0.5) is 0 Å². The maximum absolute atomic E-state index is 5.30. The van der Waals surface area contributed by atoms with Gasteiger partial charge in [-0.1, -0.05) is 5.16 Å². The molecule has 0 saturated carbocycles. The molecular weight excluding hydrogens is 194 g/mol. The lowest BCUT2D eigenvalue weighted by molar-refractivity contribution is 0.192. The Morgan fingerprint density at radius 2 is 2.27 bits per heavy atom. The number of nitrogens with one attached hydrogen (secondary N) is 1. The molecule has 1 unspecified atom stereocenters. The molecule has 1 aliphatic heterocycles. The third kappa shape index (κ3) is 2.03. The van der Waals surface area contributed by atoms with Gasteiger partial charge in [-0.2, -0.15) is 4.98 Å². The maximum Gasteiger partial charge on any atom is 0.246 e. The minimum absolute atomic E-state index is 0.273. The molecule has 1 N–H and O–H groups in total. The van der Waals surface area contributed by atoms with E-state index in [1.807, 2.05) is 20.9 Å². The van der Waals surface area contributed by atoms with Gasteiger partial charge in [-0.25, -0.2) is 0 Å². The van der Waals surface area contributed by atoms with Gasteiger partial charge < -0.3 is 14.6 Å². The summed E-state index contributed by atoms with van der Waals surface area (Å²) in [6.07, 6.45) is 0.985. The van der Waals surface area contributed by atoms with Gasteiger partial charge in [-0.15, -0.1) is 0 Å². The third-order valence-corrected chi connectivity index (χ3v) is 2.90. The van der Waals surface area contributed by atoms with Gasteiger partial charge in [0.05, 0.1) is 12.1 Å². The molecule has 1 fully saturated rings. The Bertz CT molecular complexity index is 329. The van der Waals surface area contributed by atoms with E-state index in [1.54, 1.807) is 0 Å². The average molecular weight is 211 g/mol. The molecular formula is C10H17N3O2. The summed E-state index contributed by atoms with van der Waals surface area (Å²) >= 11 is 0. The number of ether oxygens (including phenoxy) is 1. The van der Waals surface area contributed by atoms with Gasteiger partial charge in [-0.3, -0.25) is 0 Å². The molecule has 84 valence electrons. The van der Waals surface area contributed by atoms with Gasteiger partial charge in [0.1, 0.15) is 0 Å². The van der Waals surface area contributed by atoms with Crippen molar-refractivity contribution in [3.05, 3.63) is 11.7 Å². The zero-order valence-electron chi connectivity index (χ0n) is 9.41. The average Bonchev–Trinajstić information content (AvgIpc) is 2.88. The van der Waals surface area contributed by atoms with Crippen molar-refractivity contribution in [2.24, 2.45) is 0 Å². The van der Waals surface area contributed by atoms with E-state index in [0.717, 1.165) is 18.9 Å². The van der Waals surface area contributed by atoms with Crippen LogP contribution in [0.5, 0.6) is 0 Å². The van der Waals surface area contributed by atoms with E-state index in [2.05, 4.69) is 15.5 Å². The second kappa shape index (κ2) is 3.90. The molecule has 0 bridgehead atoms. The summed E-state index contributed by atoms with van der Waals surface area (Å²) in [7, 11) is 1.88. The Labute approximate surface area is 89.2 Å². The van der Waals surface area contributed by atoms with E-state index in [4.69, 9.17) is 9.26 Å². The molecule has 15 heavy (non-hydrogen) atoms. The third-order valence-electron chi connectivity index (χ3n) is 2.90. The van der Waals surface area contributed by atoms with Crippen LogP contribution in [-0.4, -0.2) is 30.4 Å². The highest BCUT2D eigenvalue weighted by atomic mass is 16.5.